The Balaban J connectivity index is 0.622. The van der Waals surface area contributed by atoms with E-state index in [1.54, 1.807) is 4.90 Å². The van der Waals surface area contributed by atoms with Crippen molar-refractivity contribution < 1.29 is 23.9 Å². The molecule has 6 aliphatic rings. The van der Waals surface area contributed by atoms with Crippen LogP contribution in [0.15, 0.2) is 79.1 Å². The SMILES string of the molecule is Nc1ncnc2c1c(-c1ccc(Oc3ccccc3)cc1)nn2[C@@H]1CCCN(C2CCN(C(=O)N3CCC(CCN4CCN(c5ccc6c(c5)CN(C5CCC(=O)NC5=O)C6=O)CC4)CC3)CC2)C1. The molecule has 69 heavy (non-hydrogen) atoms. The number of rotatable bonds is 10. The van der Waals surface area contributed by atoms with E-state index >= 15 is 0 Å². The van der Waals surface area contributed by atoms with Crippen molar-refractivity contribution in [2.75, 3.05) is 82.6 Å². The first kappa shape index (κ1) is 44.9. The number of amides is 5. The zero-order valence-electron chi connectivity index (χ0n) is 39.3. The summed E-state index contributed by atoms with van der Waals surface area (Å²) in [4.78, 5) is 73.6. The number of nitrogens with zero attached hydrogens (tertiary/aromatic N) is 10. The zero-order valence-corrected chi connectivity index (χ0v) is 39.3. The molecule has 2 aromatic heterocycles. The van der Waals surface area contributed by atoms with Crippen LogP contribution in [0.4, 0.5) is 16.3 Å². The molecule has 5 fully saturated rings. The Bertz CT molecular complexity index is 2690. The van der Waals surface area contributed by atoms with E-state index in [4.69, 9.17) is 20.6 Å². The number of imide groups is 1. The van der Waals surface area contributed by atoms with E-state index < -0.39 is 6.04 Å². The minimum atomic E-state index is -0.602. The molecule has 11 rings (SSSR count). The first-order valence-electron chi connectivity index (χ1n) is 25.1. The summed E-state index contributed by atoms with van der Waals surface area (Å²) in [6, 6.07) is 23.9. The van der Waals surface area contributed by atoms with E-state index in [2.05, 4.69) is 45.5 Å². The fourth-order valence-corrected chi connectivity index (χ4v) is 11.7. The van der Waals surface area contributed by atoms with Crippen LogP contribution in [0.1, 0.15) is 79.8 Å². The topological polar surface area (TPSA) is 179 Å². The van der Waals surface area contributed by atoms with Gasteiger partial charge in [-0.1, -0.05) is 18.2 Å². The Labute approximate surface area is 402 Å². The van der Waals surface area contributed by atoms with Crippen molar-refractivity contribution in [2.24, 2.45) is 5.92 Å². The lowest BCUT2D eigenvalue weighted by atomic mass is 9.93. The average molecular weight is 935 g/mol. The lowest BCUT2D eigenvalue weighted by molar-refractivity contribution is -0.136. The number of benzene rings is 3. The monoisotopic (exact) mass is 934 g/mol. The minimum Gasteiger partial charge on any atom is -0.457 e. The van der Waals surface area contributed by atoms with E-state index in [9.17, 15) is 19.2 Å². The highest BCUT2D eigenvalue weighted by atomic mass is 16.5. The van der Waals surface area contributed by atoms with Crippen LogP contribution in [0.5, 0.6) is 11.5 Å². The molecule has 1 unspecified atom stereocenters. The molecule has 0 bridgehead atoms. The van der Waals surface area contributed by atoms with Gasteiger partial charge in [0.05, 0.1) is 11.4 Å². The number of likely N-dealkylation sites (tertiary alicyclic amines) is 3. The van der Waals surface area contributed by atoms with Gasteiger partial charge >= 0.3 is 6.03 Å². The Hall–Kier alpha value is -6.59. The summed E-state index contributed by atoms with van der Waals surface area (Å²) in [7, 11) is 0. The van der Waals surface area contributed by atoms with Gasteiger partial charge in [-0.05, 0) is 131 Å². The van der Waals surface area contributed by atoms with E-state index in [0.717, 1.165) is 162 Å². The second-order valence-corrected chi connectivity index (χ2v) is 19.8. The molecule has 3 aromatic carbocycles. The number of hydrogen-bond acceptors (Lipinski definition) is 12. The maximum absolute atomic E-state index is 13.8. The molecule has 0 saturated carbocycles. The number of nitrogen functional groups attached to an aromatic ring is 1. The number of aromatic nitrogens is 4. The number of nitrogens with one attached hydrogen (secondary N) is 1. The predicted octanol–water partition coefficient (Wildman–Crippen LogP) is 5.77. The van der Waals surface area contributed by atoms with E-state index in [1.165, 1.54) is 6.33 Å². The van der Waals surface area contributed by atoms with Crippen molar-refractivity contribution in [3.8, 4) is 22.8 Å². The Morgan fingerprint density at radius 1 is 0.768 bits per heavy atom. The number of ether oxygens (including phenoxy) is 1. The maximum Gasteiger partial charge on any atom is 0.319 e. The number of carbonyl (C=O) groups excluding carboxylic acids is 4. The van der Waals surface area contributed by atoms with Crippen LogP contribution in [-0.2, 0) is 16.1 Å². The molecule has 6 aliphatic heterocycles. The fourth-order valence-electron chi connectivity index (χ4n) is 11.7. The zero-order chi connectivity index (χ0) is 47.0. The van der Waals surface area contributed by atoms with E-state index in [1.807, 2.05) is 66.7 Å². The summed E-state index contributed by atoms with van der Waals surface area (Å²) in [5.74, 6) is 1.77. The van der Waals surface area contributed by atoms with Crippen molar-refractivity contribution >= 4 is 46.3 Å². The van der Waals surface area contributed by atoms with E-state index in [0.29, 0.717) is 36.3 Å². The van der Waals surface area contributed by atoms with Crippen LogP contribution in [-0.4, -0.2) is 152 Å². The van der Waals surface area contributed by atoms with Crippen molar-refractivity contribution in [2.45, 2.75) is 82.5 Å². The molecule has 17 nitrogen and oxygen atoms in total. The molecule has 0 aliphatic carbocycles. The molecule has 8 heterocycles. The van der Waals surface area contributed by atoms with Gasteiger partial charge in [0.15, 0.2) is 5.65 Å². The quantitative estimate of drug-likeness (QED) is 0.162. The minimum absolute atomic E-state index is 0.136. The van der Waals surface area contributed by atoms with Crippen LogP contribution in [0, 0.1) is 5.92 Å². The normalized spacial score (nSPS) is 22.3. The van der Waals surface area contributed by atoms with Crippen LogP contribution < -0.4 is 20.7 Å². The number of urea groups is 1. The number of para-hydroxylation sites is 1. The molecule has 2 atom stereocenters. The summed E-state index contributed by atoms with van der Waals surface area (Å²) >= 11 is 0. The fraction of sp³-hybridized carbons (Fsp3) is 0.481. The summed E-state index contributed by atoms with van der Waals surface area (Å²) in [6.07, 6.45) is 9.40. The Morgan fingerprint density at radius 3 is 2.26 bits per heavy atom. The second-order valence-electron chi connectivity index (χ2n) is 19.8. The highest BCUT2D eigenvalue weighted by molar-refractivity contribution is 6.05. The number of piperidine rings is 4. The standard InChI is InChI=1S/C52H62N12O5/c53-48-46-47(36-8-11-42(12-9-36)69-41-6-2-1-3-7-41)57-64(49(46)55-34-54-48)40-5-4-21-62(33-40)38-19-25-61(26-20-38)52(68)60-23-17-35(18-24-60)16-22-58-27-29-59(30-28-58)39-10-13-43-37(31-39)32-63(51(43)67)44-14-15-45(65)56-50(44)66/h1-3,6-13,31,34-35,38,40,44H,4-5,14-30,32-33H2,(H2,53,54,55)(H,56,65,66)/t40-,44?/m1/s1. The van der Waals surface area contributed by atoms with Crippen LogP contribution in [0.2, 0.25) is 0 Å². The molecular formula is C52H62N12O5. The number of piperazine rings is 1. The third-order valence-electron chi connectivity index (χ3n) is 15.6. The van der Waals surface area contributed by atoms with E-state index in [-0.39, 0.29) is 36.2 Å². The Morgan fingerprint density at radius 2 is 1.51 bits per heavy atom. The number of fused-ring (bicyclic) bond motifs is 2. The average Bonchev–Trinajstić information content (AvgIpc) is 3.94. The molecule has 17 heteroatoms. The van der Waals surface area contributed by atoms with Crippen molar-refractivity contribution in [3.63, 3.8) is 0 Å². The summed E-state index contributed by atoms with van der Waals surface area (Å²) in [6.45, 7) is 10.4. The summed E-state index contributed by atoms with van der Waals surface area (Å²) in [5.41, 5.74) is 11.7. The highest BCUT2D eigenvalue weighted by Crippen LogP contribution is 2.37. The van der Waals surface area contributed by atoms with Gasteiger partial charge < -0.3 is 30.1 Å². The highest BCUT2D eigenvalue weighted by Gasteiger charge is 2.40. The predicted molar refractivity (Wildman–Crippen MR) is 262 cm³/mol. The lowest BCUT2D eigenvalue weighted by Crippen LogP contribution is -2.53. The van der Waals surface area contributed by atoms with Gasteiger partial charge in [-0.25, -0.2) is 19.4 Å². The van der Waals surface area contributed by atoms with Crippen molar-refractivity contribution in [1.82, 2.24) is 49.6 Å². The van der Waals surface area contributed by atoms with Gasteiger partial charge in [0.25, 0.3) is 5.91 Å². The van der Waals surface area contributed by atoms with Gasteiger partial charge in [0.2, 0.25) is 11.8 Å². The van der Waals surface area contributed by atoms with Gasteiger partial charge in [0, 0.05) is 94.7 Å². The van der Waals surface area contributed by atoms with Crippen LogP contribution in [0.25, 0.3) is 22.3 Å². The number of hydrogen-bond donors (Lipinski definition) is 2. The Kier molecular flexibility index (Phi) is 12.6. The summed E-state index contributed by atoms with van der Waals surface area (Å²) in [5, 5.41) is 8.34. The first-order chi connectivity index (χ1) is 33.7. The maximum atomic E-state index is 13.8. The largest absolute Gasteiger partial charge is 0.457 e. The molecule has 0 radical (unpaired) electrons. The second kappa shape index (κ2) is 19.4. The van der Waals surface area contributed by atoms with Gasteiger partial charge in [-0.3, -0.25) is 29.5 Å². The lowest BCUT2D eigenvalue weighted by Gasteiger charge is -2.43. The smallest absolute Gasteiger partial charge is 0.319 e. The molecule has 3 N–H and O–H groups in total. The molecule has 5 amide bonds. The van der Waals surface area contributed by atoms with Crippen molar-refractivity contribution in [3.05, 3.63) is 90.3 Å². The van der Waals surface area contributed by atoms with Crippen LogP contribution in [0.3, 0.4) is 0 Å². The molecule has 5 saturated heterocycles. The molecule has 0 spiro atoms. The van der Waals surface area contributed by atoms with Crippen molar-refractivity contribution in [1.29, 1.82) is 0 Å². The number of nitrogens with two attached hydrogens (primary N) is 1. The van der Waals surface area contributed by atoms with Gasteiger partial charge in [-0.2, -0.15) is 5.10 Å². The van der Waals surface area contributed by atoms with Gasteiger partial charge in [-0.15, -0.1) is 0 Å². The van der Waals surface area contributed by atoms with Crippen LogP contribution >= 0.6 is 0 Å². The first-order valence-corrected chi connectivity index (χ1v) is 25.1. The number of carbonyl (C=O) groups is 4. The van der Waals surface area contributed by atoms with Gasteiger partial charge in [0.1, 0.15) is 35.4 Å². The third kappa shape index (κ3) is 9.33. The molecular weight excluding hydrogens is 873 g/mol. The third-order valence-corrected chi connectivity index (χ3v) is 15.6. The molecule has 360 valence electrons. The summed E-state index contributed by atoms with van der Waals surface area (Å²) < 4.78 is 8.12. The number of anilines is 2. The molecule has 5 aromatic rings.